The van der Waals surface area contributed by atoms with Gasteiger partial charge in [0.1, 0.15) is 29.1 Å². The molecule has 4 atom stereocenters. The molecule has 0 saturated heterocycles. The van der Waals surface area contributed by atoms with E-state index < -0.39 is 101 Å². The standard InChI is InChI=1S/C46H49ClF7N7O4SSi/c1-43(2,3)67(6,7)65-23-44(15-8-9-16-44)17-14-27-10-11-28(29-12-13-33(47)35-37(29)60(4)58-42(35)59-66(5,63)64)36(56-27)31(20-24-18-25(48)21-26(49)19-24)38(41(55)62)61-40-34(39(57-61)46(52,53)54)30-22-32(30)45(40,50)51/h10-13,18-19,21,30-32,38H,8-9,15-16,20,22-23H2,1-7H3,(H2,55,62)(H,58,59)/t30-,31+,32+,38?/m0/s1. The van der Waals surface area contributed by atoms with Gasteiger partial charge < -0.3 is 10.2 Å². The van der Waals surface area contributed by atoms with Gasteiger partial charge in [0.25, 0.3) is 5.92 Å². The van der Waals surface area contributed by atoms with Crippen LogP contribution in [0.5, 0.6) is 0 Å². The van der Waals surface area contributed by atoms with E-state index in [-0.39, 0.29) is 61.3 Å². The van der Waals surface area contributed by atoms with Gasteiger partial charge >= 0.3 is 6.18 Å². The fourth-order valence-electron chi connectivity index (χ4n) is 9.45. The number of primary amides is 1. The number of hydrogen-bond acceptors (Lipinski definition) is 7. The average Bonchev–Trinajstić information content (AvgIpc) is 3.42. The first-order chi connectivity index (χ1) is 31.0. The molecule has 2 saturated carbocycles. The van der Waals surface area contributed by atoms with Crippen LogP contribution in [0.25, 0.3) is 22.0 Å². The molecule has 3 aliphatic rings. The molecule has 5 aromatic rings. The summed E-state index contributed by atoms with van der Waals surface area (Å²) in [4.78, 5) is 19.0. The largest absolute Gasteiger partial charge is 0.435 e. The van der Waals surface area contributed by atoms with Gasteiger partial charge in [-0.3, -0.25) is 14.2 Å². The minimum absolute atomic E-state index is 0.0613. The Morgan fingerprint density at radius 1 is 1.04 bits per heavy atom. The maximum Gasteiger partial charge on any atom is 0.435 e. The third-order valence-corrected chi connectivity index (χ3v) is 19.1. The smallest absolute Gasteiger partial charge is 0.415 e. The summed E-state index contributed by atoms with van der Waals surface area (Å²) in [6, 6.07) is 6.36. The van der Waals surface area contributed by atoms with Gasteiger partial charge in [0, 0.05) is 41.6 Å². The van der Waals surface area contributed by atoms with Gasteiger partial charge in [-0.1, -0.05) is 57.2 Å². The van der Waals surface area contributed by atoms with Crippen LogP contribution in [0.3, 0.4) is 0 Å². The highest BCUT2D eigenvalue weighted by atomic mass is 35.5. The molecule has 3 aliphatic carbocycles. The lowest BCUT2D eigenvalue weighted by atomic mass is 9.83. The number of anilines is 1. The Bertz CT molecular complexity index is 2990. The van der Waals surface area contributed by atoms with Crippen LogP contribution in [0, 0.1) is 34.8 Å². The Morgan fingerprint density at radius 2 is 1.69 bits per heavy atom. The molecule has 0 aliphatic heterocycles. The summed E-state index contributed by atoms with van der Waals surface area (Å²) in [5.41, 5.74) is 2.47. The van der Waals surface area contributed by atoms with Crippen molar-refractivity contribution < 1.29 is 48.4 Å². The number of carbonyl (C=O) groups is 1. The minimum atomic E-state index is -5.22. The van der Waals surface area contributed by atoms with Gasteiger partial charge in [0.05, 0.1) is 39.9 Å². The second kappa shape index (κ2) is 16.6. The van der Waals surface area contributed by atoms with E-state index in [4.69, 9.17) is 26.7 Å². The van der Waals surface area contributed by atoms with Crippen molar-refractivity contribution in [3.63, 3.8) is 0 Å². The molecule has 67 heavy (non-hydrogen) atoms. The van der Waals surface area contributed by atoms with Crippen molar-refractivity contribution in [3.8, 4) is 23.0 Å². The van der Waals surface area contributed by atoms with Gasteiger partial charge in [0.15, 0.2) is 19.8 Å². The number of carbonyl (C=O) groups excluding carboxylic acids is 1. The van der Waals surface area contributed by atoms with E-state index in [9.17, 15) is 26.4 Å². The molecule has 11 nitrogen and oxygen atoms in total. The summed E-state index contributed by atoms with van der Waals surface area (Å²) in [5, 5.41) is 8.17. The number of hydrogen-bond donors (Lipinski definition) is 2. The summed E-state index contributed by atoms with van der Waals surface area (Å²) in [6.45, 7) is 11.0. The third kappa shape index (κ3) is 9.08. The number of nitrogens with zero attached hydrogens (tertiary/aromatic N) is 5. The number of halogens is 8. The van der Waals surface area contributed by atoms with Crippen molar-refractivity contribution >= 4 is 52.6 Å². The Morgan fingerprint density at radius 3 is 2.28 bits per heavy atom. The third-order valence-electron chi connectivity index (χ3n) is 13.8. The molecule has 3 N–H and O–H groups in total. The van der Waals surface area contributed by atoms with Crippen molar-refractivity contribution in [1.82, 2.24) is 24.5 Å². The molecule has 3 aromatic heterocycles. The van der Waals surface area contributed by atoms with E-state index in [1.807, 2.05) is 0 Å². The molecule has 2 fully saturated rings. The van der Waals surface area contributed by atoms with E-state index in [0.29, 0.717) is 30.2 Å². The topological polar surface area (TPSA) is 147 Å². The van der Waals surface area contributed by atoms with Crippen LogP contribution in [0.4, 0.5) is 36.6 Å². The normalized spacial score (nSPS) is 19.7. The van der Waals surface area contributed by atoms with Crippen LogP contribution in [0.1, 0.15) is 105 Å². The number of nitrogens with two attached hydrogens (primary N) is 1. The number of rotatable bonds is 12. The van der Waals surface area contributed by atoms with Gasteiger partial charge in [-0.2, -0.15) is 32.1 Å². The van der Waals surface area contributed by atoms with Crippen LogP contribution >= 0.6 is 11.6 Å². The summed E-state index contributed by atoms with van der Waals surface area (Å²) < 4.78 is 143. The van der Waals surface area contributed by atoms with Crippen molar-refractivity contribution in [1.29, 1.82) is 0 Å². The van der Waals surface area contributed by atoms with Crippen LogP contribution in [0.15, 0.2) is 42.5 Å². The monoisotopic (exact) mass is 991 g/mol. The predicted octanol–water partition coefficient (Wildman–Crippen LogP) is 10.3. The Kier molecular flexibility index (Phi) is 12.0. The maximum atomic E-state index is 16.3. The Hall–Kier alpha value is -4.97. The number of aromatic nitrogens is 5. The van der Waals surface area contributed by atoms with Crippen LogP contribution in [-0.4, -0.2) is 60.0 Å². The van der Waals surface area contributed by atoms with E-state index in [2.05, 4.69) is 60.6 Å². The van der Waals surface area contributed by atoms with Gasteiger partial charge in [-0.25, -0.2) is 26.9 Å². The molecule has 0 spiro atoms. The second-order valence-corrected chi connectivity index (χ2v) is 26.6. The van der Waals surface area contributed by atoms with Crippen molar-refractivity contribution in [2.24, 2.45) is 24.1 Å². The molecule has 358 valence electrons. The van der Waals surface area contributed by atoms with E-state index >= 15 is 17.6 Å². The second-order valence-electron chi connectivity index (χ2n) is 19.6. The number of fused-ring (bicyclic) bond motifs is 4. The van der Waals surface area contributed by atoms with E-state index in [0.717, 1.165) is 31.2 Å². The molecule has 1 amide bonds. The van der Waals surface area contributed by atoms with Crippen molar-refractivity contribution in [2.75, 3.05) is 17.6 Å². The summed E-state index contributed by atoms with van der Waals surface area (Å²) in [5.74, 6) is -5.24. The van der Waals surface area contributed by atoms with Gasteiger partial charge in [-0.15, -0.1) is 0 Å². The van der Waals surface area contributed by atoms with Crippen molar-refractivity contribution in [2.45, 2.75) is 107 Å². The highest BCUT2D eigenvalue weighted by Crippen LogP contribution is 2.69. The lowest BCUT2D eigenvalue weighted by Gasteiger charge is -2.38. The van der Waals surface area contributed by atoms with Crippen LogP contribution < -0.4 is 10.5 Å². The summed E-state index contributed by atoms with van der Waals surface area (Å²) in [6.07, 6.45) is -1.94. The number of amides is 1. The average molecular weight is 993 g/mol. The lowest BCUT2D eigenvalue weighted by molar-refractivity contribution is -0.142. The lowest BCUT2D eigenvalue weighted by Crippen LogP contribution is -2.43. The zero-order valence-corrected chi connectivity index (χ0v) is 40.3. The zero-order valence-electron chi connectivity index (χ0n) is 37.7. The van der Waals surface area contributed by atoms with Crippen LogP contribution in [-0.2, 0) is 44.8 Å². The predicted molar refractivity (Wildman–Crippen MR) is 241 cm³/mol. The summed E-state index contributed by atoms with van der Waals surface area (Å²) >= 11 is 6.69. The molecule has 0 radical (unpaired) electrons. The maximum absolute atomic E-state index is 16.3. The first-order valence-electron chi connectivity index (χ1n) is 21.7. The van der Waals surface area contributed by atoms with Crippen molar-refractivity contribution in [3.05, 3.63) is 93.0 Å². The fourth-order valence-corrected chi connectivity index (χ4v) is 11.3. The Balaban J connectivity index is 1.40. The van der Waals surface area contributed by atoms with E-state index in [1.54, 1.807) is 12.1 Å². The Labute approximate surface area is 389 Å². The molecule has 3 heterocycles. The molecule has 21 heteroatoms. The fraction of sp³-hybridized carbons (Fsp3) is 0.478. The SMILES string of the molecule is Cn1nc(NS(C)(=O)=O)c2c(Cl)ccc(-c3ccc(C#CC4(CO[Si](C)(C)C(C)(C)C)CCCC4)nc3[C@@H](Cc3cc(F)cc(F)c3)C(C(N)=O)n3nc(C(F)(F)F)c4c3C(F)(F)[C@@H]3C[C@H]43)c21. The number of benzene rings is 2. The van der Waals surface area contributed by atoms with E-state index in [1.165, 1.54) is 23.9 Å². The molecule has 8 rings (SSSR count). The number of alkyl halides is 5. The highest BCUT2D eigenvalue weighted by molar-refractivity contribution is 7.92. The number of sulfonamides is 1. The number of pyridine rings is 1. The quantitative estimate of drug-likeness (QED) is 0.0719. The summed E-state index contributed by atoms with van der Waals surface area (Å²) in [7, 11) is -4.66. The molecular weight excluding hydrogens is 943 g/mol. The molecular formula is C46H49ClF7N7O4SSi. The first kappa shape index (κ1) is 48.5. The minimum Gasteiger partial charge on any atom is -0.415 e. The highest BCUT2D eigenvalue weighted by Gasteiger charge is 2.69. The number of aryl methyl sites for hydroxylation is 1. The first-order valence-corrected chi connectivity index (χ1v) is 26.8. The molecule has 2 aromatic carbocycles. The zero-order chi connectivity index (χ0) is 49.0. The van der Waals surface area contributed by atoms with Gasteiger partial charge in [-0.05, 0) is 91.5 Å². The number of nitrogens with one attached hydrogen (secondary N) is 1. The molecule has 0 bridgehead atoms. The molecule has 1 unspecified atom stereocenters. The van der Waals surface area contributed by atoms with Crippen LogP contribution in [0.2, 0.25) is 23.2 Å². The van der Waals surface area contributed by atoms with Gasteiger partial charge in [0.2, 0.25) is 15.9 Å².